The number of hydrogen-bond donors (Lipinski definition) is 0. The predicted octanol–water partition coefficient (Wildman–Crippen LogP) is 2.56. The van der Waals surface area contributed by atoms with Crippen LogP contribution in [0.3, 0.4) is 0 Å². The van der Waals surface area contributed by atoms with Gasteiger partial charge < -0.3 is 4.90 Å². The standard InChI is InChI=1S/C13H14N2O3/c1-10(16)12-9-11(5-6-13(12)15(17)18)14-7-3-2-4-8-14/h2-3,5-6,9H,4,7-8H2,1H3. The van der Waals surface area contributed by atoms with Gasteiger partial charge in [-0.15, -0.1) is 0 Å². The number of nitro groups is 1. The largest absolute Gasteiger partial charge is 0.367 e. The van der Waals surface area contributed by atoms with Crippen LogP contribution >= 0.6 is 0 Å². The number of carbonyl (C=O) groups is 1. The van der Waals surface area contributed by atoms with Crippen LogP contribution in [0.4, 0.5) is 11.4 Å². The minimum absolute atomic E-state index is 0.126. The summed E-state index contributed by atoms with van der Waals surface area (Å²) in [5.41, 5.74) is 0.904. The molecule has 0 aliphatic carbocycles. The number of nitrogens with zero attached hydrogens (tertiary/aromatic N) is 2. The van der Waals surface area contributed by atoms with Gasteiger partial charge in [-0.25, -0.2) is 0 Å². The van der Waals surface area contributed by atoms with Crippen LogP contribution in [0.15, 0.2) is 30.4 Å². The van der Waals surface area contributed by atoms with Gasteiger partial charge in [0.2, 0.25) is 0 Å². The van der Waals surface area contributed by atoms with E-state index in [1.807, 2.05) is 0 Å². The zero-order chi connectivity index (χ0) is 13.1. The molecule has 0 saturated heterocycles. The lowest BCUT2D eigenvalue weighted by molar-refractivity contribution is -0.385. The van der Waals surface area contributed by atoms with Gasteiger partial charge in [0, 0.05) is 24.8 Å². The Morgan fingerprint density at radius 3 is 2.72 bits per heavy atom. The summed E-state index contributed by atoms with van der Waals surface area (Å²) in [7, 11) is 0. The first-order valence-electron chi connectivity index (χ1n) is 5.79. The number of Topliss-reactive ketones (excluding diaryl/α,β-unsaturated/α-hetero) is 1. The van der Waals surface area contributed by atoms with Crippen LogP contribution in [0.2, 0.25) is 0 Å². The Balaban J connectivity index is 2.39. The van der Waals surface area contributed by atoms with Gasteiger partial charge in [-0.05, 0) is 25.5 Å². The number of rotatable bonds is 3. The van der Waals surface area contributed by atoms with Gasteiger partial charge in [0.15, 0.2) is 5.78 Å². The van der Waals surface area contributed by atoms with Crippen LogP contribution in [0.5, 0.6) is 0 Å². The highest BCUT2D eigenvalue weighted by atomic mass is 16.6. The minimum atomic E-state index is -0.517. The molecule has 5 heteroatoms. The van der Waals surface area contributed by atoms with Gasteiger partial charge >= 0.3 is 0 Å². The summed E-state index contributed by atoms with van der Waals surface area (Å²) >= 11 is 0. The van der Waals surface area contributed by atoms with Crippen LogP contribution in [-0.2, 0) is 0 Å². The summed E-state index contributed by atoms with van der Waals surface area (Å²) in [6.45, 7) is 2.99. The Labute approximate surface area is 105 Å². The molecular formula is C13H14N2O3. The molecule has 1 heterocycles. The van der Waals surface area contributed by atoms with Crippen molar-refractivity contribution in [2.75, 3.05) is 18.0 Å². The summed E-state index contributed by atoms with van der Waals surface area (Å²) < 4.78 is 0. The van der Waals surface area contributed by atoms with E-state index in [0.29, 0.717) is 0 Å². The van der Waals surface area contributed by atoms with Gasteiger partial charge in [0.25, 0.3) is 5.69 Å². The van der Waals surface area contributed by atoms with Crippen molar-refractivity contribution in [3.8, 4) is 0 Å². The fourth-order valence-electron chi connectivity index (χ4n) is 2.04. The molecule has 18 heavy (non-hydrogen) atoms. The van der Waals surface area contributed by atoms with Crippen molar-refractivity contribution in [2.45, 2.75) is 13.3 Å². The lowest BCUT2D eigenvalue weighted by Gasteiger charge is -2.25. The highest BCUT2D eigenvalue weighted by Crippen LogP contribution is 2.26. The third-order valence-electron chi connectivity index (χ3n) is 2.98. The van der Waals surface area contributed by atoms with E-state index in [1.165, 1.54) is 13.0 Å². The average molecular weight is 246 g/mol. The molecule has 0 saturated carbocycles. The normalized spacial score (nSPS) is 14.6. The summed E-state index contributed by atoms with van der Waals surface area (Å²) in [6, 6.07) is 4.72. The van der Waals surface area contributed by atoms with Crippen LogP contribution in [0.25, 0.3) is 0 Å². The van der Waals surface area contributed by atoms with E-state index in [4.69, 9.17) is 0 Å². The monoisotopic (exact) mass is 246 g/mol. The van der Waals surface area contributed by atoms with E-state index < -0.39 is 4.92 Å². The Hall–Kier alpha value is -2.17. The summed E-state index contributed by atoms with van der Waals surface area (Å²) in [5.74, 6) is -0.281. The highest BCUT2D eigenvalue weighted by Gasteiger charge is 2.19. The lowest BCUT2D eigenvalue weighted by atomic mass is 10.1. The molecule has 94 valence electrons. The molecule has 0 fully saturated rings. The number of benzene rings is 1. The number of nitro benzene ring substituents is 1. The molecule has 2 rings (SSSR count). The maximum absolute atomic E-state index is 11.5. The second kappa shape index (κ2) is 5.00. The van der Waals surface area contributed by atoms with E-state index in [1.54, 1.807) is 12.1 Å². The van der Waals surface area contributed by atoms with Crippen molar-refractivity contribution in [1.29, 1.82) is 0 Å². The smallest absolute Gasteiger partial charge is 0.280 e. The van der Waals surface area contributed by atoms with Crippen molar-refractivity contribution >= 4 is 17.2 Å². The molecule has 0 spiro atoms. The number of anilines is 1. The maximum atomic E-state index is 11.5. The first-order valence-corrected chi connectivity index (χ1v) is 5.79. The van der Waals surface area contributed by atoms with E-state index in [-0.39, 0.29) is 17.0 Å². The first kappa shape index (κ1) is 12.3. The van der Waals surface area contributed by atoms with E-state index in [0.717, 1.165) is 25.2 Å². The topological polar surface area (TPSA) is 63.5 Å². The van der Waals surface area contributed by atoms with E-state index in [9.17, 15) is 14.9 Å². The minimum Gasteiger partial charge on any atom is -0.367 e. The molecule has 1 aliphatic rings. The first-order chi connectivity index (χ1) is 8.59. The molecule has 1 aliphatic heterocycles. The summed E-state index contributed by atoms with van der Waals surface area (Å²) in [5, 5.41) is 10.8. The Morgan fingerprint density at radius 1 is 1.39 bits per heavy atom. The second-order valence-corrected chi connectivity index (χ2v) is 4.22. The van der Waals surface area contributed by atoms with Crippen molar-refractivity contribution in [1.82, 2.24) is 0 Å². The fraction of sp³-hybridized carbons (Fsp3) is 0.308. The molecule has 0 N–H and O–H groups in total. The molecule has 0 unspecified atom stereocenters. The molecule has 0 aromatic heterocycles. The number of carbonyl (C=O) groups excluding carboxylic acids is 1. The van der Waals surface area contributed by atoms with Crippen LogP contribution in [0.1, 0.15) is 23.7 Å². The average Bonchev–Trinajstić information content (AvgIpc) is 2.39. The van der Waals surface area contributed by atoms with Gasteiger partial charge in [-0.1, -0.05) is 12.2 Å². The predicted molar refractivity (Wildman–Crippen MR) is 69.1 cm³/mol. The zero-order valence-corrected chi connectivity index (χ0v) is 10.1. The van der Waals surface area contributed by atoms with Crippen molar-refractivity contribution < 1.29 is 9.72 Å². The Kier molecular flexibility index (Phi) is 3.41. The van der Waals surface area contributed by atoms with E-state index in [2.05, 4.69) is 17.1 Å². The molecule has 5 nitrogen and oxygen atoms in total. The van der Waals surface area contributed by atoms with Crippen molar-refractivity contribution in [2.24, 2.45) is 0 Å². The van der Waals surface area contributed by atoms with Gasteiger partial charge in [-0.2, -0.15) is 0 Å². The molecule has 0 bridgehead atoms. The van der Waals surface area contributed by atoms with Gasteiger partial charge in [0.1, 0.15) is 0 Å². The highest BCUT2D eigenvalue weighted by molar-refractivity contribution is 5.99. The second-order valence-electron chi connectivity index (χ2n) is 4.22. The Bertz CT molecular complexity index is 523. The third-order valence-corrected chi connectivity index (χ3v) is 2.98. The molecule has 0 radical (unpaired) electrons. The van der Waals surface area contributed by atoms with Crippen LogP contribution < -0.4 is 4.90 Å². The molecular weight excluding hydrogens is 232 g/mol. The molecule has 1 aromatic rings. The van der Waals surface area contributed by atoms with Gasteiger partial charge in [0.05, 0.1) is 10.5 Å². The Morgan fingerprint density at radius 2 is 2.17 bits per heavy atom. The van der Waals surface area contributed by atoms with Crippen molar-refractivity contribution in [3.05, 3.63) is 46.0 Å². The SMILES string of the molecule is CC(=O)c1cc(N2CC=CCC2)ccc1[N+](=O)[O-]. The summed E-state index contributed by atoms with van der Waals surface area (Å²) in [6.07, 6.45) is 5.11. The quantitative estimate of drug-likeness (QED) is 0.356. The third kappa shape index (κ3) is 2.40. The number of ketones is 1. The van der Waals surface area contributed by atoms with Crippen LogP contribution in [-0.4, -0.2) is 23.8 Å². The zero-order valence-electron chi connectivity index (χ0n) is 10.1. The summed E-state index contributed by atoms with van der Waals surface area (Å²) in [4.78, 5) is 23.9. The van der Waals surface area contributed by atoms with Crippen LogP contribution in [0, 0.1) is 10.1 Å². The molecule has 0 amide bonds. The number of hydrogen-bond acceptors (Lipinski definition) is 4. The van der Waals surface area contributed by atoms with E-state index >= 15 is 0 Å². The maximum Gasteiger partial charge on any atom is 0.280 e. The molecule has 1 aromatic carbocycles. The molecule has 0 atom stereocenters. The van der Waals surface area contributed by atoms with Crippen molar-refractivity contribution in [3.63, 3.8) is 0 Å². The lowest BCUT2D eigenvalue weighted by Crippen LogP contribution is -2.26. The van der Waals surface area contributed by atoms with Gasteiger partial charge in [-0.3, -0.25) is 14.9 Å². The fourth-order valence-corrected chi connectivity index (χ4v) is 2.04.